The molecule has 2 N–H and O–H groups in total. The van der Waals surface area contributed by atoms with Gasteiger partial charge in [0.2, 0.25) is 5.16 Å². The molecule has 0 aliphatic carbocycles. The lowest BCUT2D eigenvalue weighted by Crippen LogP contribution is -2.10. The largest absolute Gasteiger partial charge is 0.510 e. The summed E-state index contributed by atoms with van der Waals surface area (Å²) in [6, 6.07) is 14.3. The van der Waals surface area contributed by atoms with Gasteiger partial charge >= 0.3 is 5.97 Å². The van der Waals surface area contributed by atoms with Crippen LogP contribution in [-0.4, -0.2) is 54.1 Å². The van der Waals surface area contributed by atoms with Gasteiger partial charge in [0.25, 0.3) is 0 Å². The van der Waals surface area contributed by atoms with Crippen LogP contribution in [0.15, 0.2) is 59.4 Å². The van der Waals surface area contributed by atoms with Crippen molar-refractivity contribution in [1.82, 2.24) is 30.2 Å². The second kappa shape index (κ2) is 8.56. The van der Waals surface area contributed by atoms with Gasteiger partial charge in [0.05, 0.1) is 29.6 Å². The van der Waals surface area contributed by atoms with E-state index in [4.69, 9.17) is 16.3 Å². The molecule has 152 valence electrons. The van der Waals surface area contributed by atoms with Crippen LogP contribution in [0.25, 0.3) is 22.3 Å². The Morgan fingerprint density at radius 1 is 1.23 bits per heavy atom. The second-order valence-corrected chi connectivity index (χ2v) is 7.43. The highest BCUT2D eigenvalue weighted by Gasteiger charge is 2.23. The number of thioether (sulfide) groups is 1. The average Bonchev–Trinajstić information content (AvgIpc) is 3.39. The summed E-state index contributed by atoms with van der Waals surface area (Å²) >= 11 is 7.08. The Morgan fingerprint density at radius 3 is 2.73 bits per heavy atom. The first-order chi connectivity index (χ1) is 14.6. The highest BCUT2D eigenvalue weighted by molar-refractivity contribution is 7.99. The summed E-state index contributed by atoms with van der Waals surface area (Å²) in [6.45, 7) is 0. The number of fused-ring (bicyclic) bond motifs is 1. The molecule has 4 rings (SSSR count). The van der Waals surface area contributed by atoms with Gasteiger partial charge in [0.1, 0.15) is 17.2 Å². The summed E-state index contributed by atoms with van der Waals surface area (Å²) in [6.07, 6.45) is 0. The molecule has 9 nitrogen and oxygen atoms in total. The van der Waals surface area contributed by atoms with Crippen molar-refractivity contribution < 1.29 is 14.6 Å². The van der Waals surface area contributed by atoms with Gasteiger partial charge in [-0.05, 0) is 46.8 Å². The minimum absolute atomic E-state index is 0.0233. The number of aliphatic hydroxyl groups is 1. The van der Waals surface area contributed by atoms with Gasteiger partial charge in [-0.2, -0.15) is 4.68 Å². The van der Waals surface area contributed by atoms with Crippen LogP contribution in [0.1, 0.15) is 5.82 Å². The highest BCUT2D eigenvalue weighted by atomic mass is 35.5. The maximum Gasteiger partial charge on any atom is 0.345 e. The van der Waals surface area contributed by atoms with E-state index in [1.54, 1.807) is 30.3 Å². The molecule has 0 radical (unpaired) electrons. The normalized spacial score (nSPS) is 12.1. The zero-order valence-corrected chi connectivity index (χ0v) is 17.2. The molecular formula is C19H15ClN6O3S. The lowest BCUT2D eigenvalue weighted by atomic mass is 10.2. The Morgan fingerprint density at radius 2 is 2.00 bits per heavy atom. The van der Waals surface area contributed by atoms with Crippen molar-refractivity contribution in [2.45, 2.75) is 5.16 Å². The van der Waals surface area contributed by atoms with Crippen LogP contribution >= 0.6 is 23.4 Å². The number of nitrogens with one attached hydrogen (secondary N) is 1. The van der Waals surface area contributed by atoms with E-state index < -0.39 is 5.97 Å². The minimum Gasteiger partial charge on any atom is -0.510 e. The number of esters is 1. The summed E-state index contributed by atoms with van der Waals surface area (Å²) in [5, 5.41) is 23.3. The molecule has 0 atom stereocenters. The van der Waals surface area contributed by atoms with Crippen molar-refractivity contribution in [2.24, 2.45) is 0 Å². The summed E-state index contributed by atoms with van der Waals surface area (Å²) in [4.78, 5) is 19.8. The third-order valence-electron chi connectivity index (χ3n) is 4.15. The first-order valence-corrected chi connectivity index (χ1v) is 10.1. The van der Waals surface area contributed by atoms with E-state index in [2.05, 4.69) is 25.5 Å². The zero-order valence-electron chi connectivity index (χ0n) is 15.6. The SMILES string of the molecule is COC(=O)/C(=C(/O)CSc1nnnn1-c1ccc(Cl)cc1)c1nc2ccccc2[nH]1. The number of hydrogen-bond donors (Lipinski definition) is 2. The molecule has 0 fully saturated rings. The summed E-state index contributed by atoms with van der Waals surface area (Å²) in [7, 11) is 1.24. The van der Waals surface area contributed by atoms with Gasteiger partial charge in [-0.15, -0.1) is 5.10 Å². The molecule has 4 aromatic rings. The number of imidazole rings is 1. The molecule has 0 aliphatic heterocycles. The third-order valence-corrected chi connectivity index (χ3v) is 5.34. The van der Waals surface area contributed by atoms with E-state index in [0.717, 1.165) is 17.3 Å². The number of aliphatic hydroxyl groups excluding tert-OH is 1. The number of carbonyl (C=O) groups is 1. The molecule has 0 saturated carbocycles. The molecule has 0 bridgehead atoms. The lowest BCUT2D eigenvalue weighted by Gasteiger charge is -2.07. The van der Waals surface area contributed by atoms with Crippen molar-refractivity contribution in [3.05, 3.63) is 65.1 Å². The fourth-order valence-electron chi connectivity index (χ4n) is 2.74. The van der Waals surface area contributed by atoms with Crippen LogP contribution in [0.4, 0.5) is 0 Å². The van der Waals surface area contributed by atoms with Crippen LogP contribution in [0.3, 0.4) is 0 Å². The van der Waals surface area contributed by atoms with Gasteiger partial charge in [-0.3, -0.25) is 0 Å². The van der Waals surface area contributed by atoms with E-state index in [1.807, 2.05) is 18.2 Å². The number of ether oxygens (including phenoxy) is 1. The van der Waals surface area contributed by atoms with E-state index in [9.17, 15) is 9.90 Å². The first-order valence-electron chi connectivity index (χ1n) is 8.69. The van der Waals surface area contributed by atoms with Crippen LogP contribution in [0.2, 0.25) is 5.02 Å². The van der Waals surface area contributed by atoms with Crippen LogP contribution in [-0.2, 0) is 9.53 Å². The molecule has 0 aliphatic rings. The fraction of sp³-hybridized carbons (Fsp3) is 0.105. The Bertz CT molecular complexity index is 1200. The van der Waals surface area contributed by atoms with Crippen LogP contribution in [0.5, 0.6) is 0 Å². The predicted octanol–water partition coefficient (Wildman–Crippen LogP) is 3.43. The smallest absolute Gasteiger partial charge is 0.345 e. The maximum absolute atomic E-state index is 12.3. The number of carbonyl (C=O) groups excluding carboxylic acids is 1. The summed E-state index contributed by atoms with van der Waals surface area (Å²) < 4.78 is 6.35. The number of methoxy groups -OCH3 is 1. The quantitative estimate of drug-likeness (QED) is 0.202. The molecule has 0 saturated heterocycles. The Hall–Kier alpha value is -3.37. The molecule has 0 spiro atoms. The van der Waals surface area contributed by atoms with Crippen molar-refractivity contribution >= 4 is 45.9 Å². The van der Waals surface area contributed by atoms with Gasteiger partial charge < -0.3 is 14.8 Å². The number of tetrazole rings is 1. The molecule has 11 heteroatoms. The molecule has 0 unspecified atom stereocenters. The number of aromatic amines is 1. The number of para-hydroxylation sites is 2. The van der Waals surface area contributed by atoms with Gasteiger partial charge in [0, 0.05) is 5.02 Å². The number of halogens is 1. The minimum atomic E-state index is -0.704. The molecule has 0 amide bonds. The Kier molecular flexibility index (Phi) is 5.68. The van der Waals surface area contributed by atoms with Gasteiger partial charge in [0.15, 0.2) is 0 Å². The number of aromatic nitrogens is 6. The predicted molar refractivity (Wildman–Crippen MR) is 113 cm³/mol. The monoisotopic (exact) mass is 442 g/mol. The molecule has 2 heterocycles. The fourth-order valence-corrected chi connectivity index (χ4v) is 3.64. The molecule has 2 aromatic heterocycles. The average molecular weight is 443 g/mol. The molecular weight excluding hydrogens is 428 g/mol. The standard InChI is InChI=1S/C19H15ClN6O3S/c1-29-18(28)16(17-21-13-4-2-3-5-14(13)22-17)15(27)10-30-19-23-24-25-26(19)12-8-6-11(20)7-9-12/h2-9,27H,10H2,1H3,(H,21,22)/b16-15+. The van der Waals surface area contributed by atoms with Crippen molar-refractivity contribution in [3.8, 4) is 5.69 Å². The number of nitrogens with zero attached hydrogens (tertiary/aromatic N) is 5. The van der Waals surface area contributed by atoms with Crippen molar-refractivity contribution in [2.75, 3.05) is 12.9 Å². The highest BCUT2D eigenvalue weighted by Crippen LogP contribution is 2.26. The Balaban J connectivity index is 1.63. The third kappa shape index (κ3) is 4.00. The van der Waals surface area contributed by atoms with E-state index in [1.165, 1.54) is 11.8 Å². The number of rotatable bonds is 6. The molecule has 30 heavy (non-hydrogen) atoms. The van der Waals surface area contributed by atoms with Gasteiger partial charge in [-0.1, -0.05) is 35.5 Å². The van der Waals surface area contributed by atoms with E-state index >= 15 is 0 Å². The second-order valence-electron chi connectivity index (χ2n) is 6.05. The van der Waals surface area contributed by atoms with Crippen LogP contribution < -0.4 is 0 Å². The van der Waals surface area contributed by atoms with Gasteiger partial charge in [-0.25, -0.2) is 9.78 Å². The van der Waals surface area contributed by atoms with Crippen LogP contribution in [0, 0.1) is 0 Å². The van der Waals surface area contributed by atoms with E-state index in [-0.39, 0.29) is 22.9 Å². The van der Waals surface area contributed by atoms with E-state index in [0.29, 0.717) is 21.4 Å². The zero-order chi connectivity index (χ0) is 21.1. The lowest BCUT2D eigenvalue weighted by molar-refractivity contribution is -0.133. The summed E-state index contributed by atoms with van der Waals surface area (Å²) in [5.74, 6) is -0.672. The first kappa shape index (κ1) is 19.9. The van der Waals surface area contributed by atoms with Crippen molar-refractivity contribution in [1.29, 1.82) is 0 Å². The number of benzene rings is 2. The number of H-pyrrole nitrogens is 1. The topological polar surface area (TPSA) is 119 Å². The maximum atomic E-state index is 12.3. The number of hydrogen-bond acceptors (Lipinski definition) is 8. The molecule has 2 aromatic carbocycles. The summed E-state index contributed by atoms with van der Waals surface area (Å²) in [5.41, 5.74) is 2.06. The van der Waals surface area contributed by atoms with Crippen molar-refractivity contribution in [3.63, 3.8) is 0 Å². The Labute approximate surface area is 179 Å².